The molecule has 3 aromatic rings. The number of halogens is 3. The standard InChI is InChI=1S/C27H25F3N2O3/c28-27(29,30)20-9-7-19(8-10-20)23-3-1-2-4-24(23)26(34)31-16-15-18-5-13-22(14-6-18)35-17-25(33)32-21-11-12-21/h1-10,13-14,21H,11-12,15-17H2,(H,31,34)(H,32,33). The Hall–Kier alpha value is -3.81. The summed E-state index contributed by atoms with van der Waals surface area (Å²) in [6, 6.07) is 19.2. The van der Waals surface area contributed by atoms with Gasteiger partial charge in [0.25, 0.3) is 11.8 Å². The third-order valence-corrected chi connectivity index (χ3v) is 5.63. The predicted octanol–water partition coefficient (Wildman–Crippen LogP) is 5.00. The number of carbonyl (C=O) groups is 2. The van der Waals surface area contributed by atoms with Crippen molar-refractivity contribution in [3.63, 3.8) is 0 Å². The van der Waals surface area contributed by atoms with Crippen LogP contribution in [0.1, 0.15) is 34.3 Å². The van der Waals surface area contributed by atoms with Crippen LogP contribution < -0.4 is 15.4 Å². The van der Waals surface area contributed by atoms with Crippen molar-refractivity contribution in [1.82, 2.24) is 10.6 Å². The Labute approximate surface area is 201 Å². The SMILES string of the molecule is O=C(COc1ccc(CCNC(=O)c2ccccc2-c2ccc(C(F)(F)F)cc2)cc1)NC1CC1. The van der Waals surface area contributed by atoms with Gasteiger partial charge in [-0.2, -0.15) is 13.2 Å². The van der Waals surface area contributed by atoms with Gasteiger partial charge in [-0.05, 0) is 66.3 Å². The number of rotatable bonds is 9. The van der Waals surface area contributed by atoms with E-state index in [0.717, 1.165) is 30.5 Å². The lowest BCUT2D eigenvalue weighted by Crippen LogP contribution is -2.30. The molecule has 0 radical (unpaired) electrons. The van der Waals surface area contributed by atoms with Crippen LogP contribution in [0.2, 0.25) is 0 Å². The van der Waals surface area contributed by atoms with Crippen LogP contribution in [-0.2, 0) is 17.4 Å². The topological polar surface area (TPSA) is 67.4 Å². The number of hydrogen-bond donors (Lipinski definition) is 2. The molecule has 0 spiro atoms. The highest BCUT2D eigenvalue weighted by molar-refractivity contribution is 6.00. The first kappa shape index (κ1) is 24.3. The minimum Gasteiger partial charge on any atom is -0.484 e. The second kappa shape index (κ2) is 10.6. The number of hydrogen-bond acceptors (Lipinski definition) is 3. The third-order valence-electron chi connectivity index (χ3n) is 5.63. The number of carbonyl (C=O) groups excluding carboxylic acids is 2. The quantitative estimate of drug-likeness (QED) is 0.451. The third kappa shape index (κ3) is 6.85. The molecule has 0 bridgehead atoms. The van der Waals surface area contributed by atoms with Gasteiger partial charge in [-0.15, -0.1) is 0 Å². The van der Waals surface area contributed by atoms with Gasteiger partial charge >= 0.3 is 6.18 Å². The van der Waals surface area contributed by atoms with Crippen molar-refractivity contribution in [3.8, 4) is 16.9 Å². The van der Waals surface area contributed by atoms with Crippen LogP contribution in [0, 0.1) is 0 Å². The second-order valence-electron chi connectivity index (χ2n) is 8.40. The van der Waals surface area contributed by atoms with Gasteiger partial charge in [0.1, 0.15) is 5.75 Å². The zero-order valence-electron chi connectivity index (χ0n) is 18.9. The van der Waals surface area contributed by atoms with Gasteiger partial charge in [0.2, 0.25) is 0 Å². The Kier molecular flexibility index (Phi) is 7.39. The fourth-order valence-electron chi connectivity index (χ4n) is 3.59. The largest absolute Gasteiger partial charge is 0.484 e. The number of benzene rings is 3. The summed E-state index contributed by atoms with van der Waals surface area (Å²) in [7, 11) is 0. The molecule has 0 aromatic heterocycles. The van der Waals surface area contributed by atoms with Crippen LogP contribution in [0.3, 0.4) is 0 Å². The Bertz CT molecular complexity index is 1170. The molecule has 0 aliphatic heterocycles. The van der Waals surface area contributed by atoms with Crippen molar-refractivity contribution >= 4 is 11.8 Å². The van der Waals surface area contributed by atoms with E-state index in [2.05, 4.69) is 10.6 Å². The van der Waals surface area contributed by atoms with Gasteiger partial charge in [-0.1, -0.05) is 42.5 Å². The predicted molar refractivity (Wildman–Crippen MR) is 126 cm³/mol. The minimum absolute atomic E-state index is 0.0236. The minimum atomic E-state index is -4.41. The first-order valence-electron chi connectivity index (χ1n) is 11.4. The summed E-state index contributed by atoms with van der Waals surface area (Å²) >= 11 is 0. The highest BCUT2D eigenvalue weighted by Crippen LogP contribution is 2.31. The summed E-state index contributed by atoms with van der Waals surface area (Å²) < 4.78 is 44.1. The number of nitrogens with one attached hydrogen (secondary N) is 2. The normalized spacial score (nSPS) is 13.2. The molecule has 1 fully saturated rings. The second-order valence-corrected chi connectivity index (χ2v) is 8.40. The molecule has 182 valence electrons. The van der Waals surface area contributed by atoms with Crippen LogP contribution in [0.25, 0.3) is 11.1 Å². The van der Waals surface area contributed by atoms with E-state index in [9.17, 15) is 22.8 Å². The molecule has 3 aromatic carbocycles. The van der Waals surface area contributed by atoms with Gasteiger partial charge < -0.3 is 15.4 Å². The summed E-state index contributed by atoms with van der Waals surface area (Å²) in [5, 5.41) is 5.73. The van der Waals surface area contributed by atoms with E-state index in [-0.39, 0.29) is 18.4 Å². The van der Waals surface area contributed by atoms with Gasteiger partial charge in [-0.25, -0.2) is 0 Å². The summed E-state index contributed by atoms with van der Waals surface area (Å²) in [6.07, 6.45) is -1.78. The van der Waals surface area contributed by atoms with E-state index in [1.165, 1.54) is 12.1 Å². The summed E-state index contributed by atoms with van der Waals surface area (Å²) in [6.45, 7) is 0.356. The summed E-state index contributed by atoms with van der Waals surface area (Å²) in [4.78, 5) is 24.5. The van der Waals surface area contributed by atoms with E-state index in [1.54, 1.807) is 36.4 Å². The maximum Gasteiger partial charge on any atom is 0.416 e. The van der Waals surface area contributed by atoms with Crippen molar-refractivity contribution in [2.24, 2.45) is 0 Å². The average molecular weight is 483 g/mol. The lowest BCUT2D eigenvalue weighted by molar-refractivity contribution is -0.137. The molecular formula is C27H25F3N2O3. The Morgan fingerprint density at radius 3 is 2.26 bits per heavy atom. The first-order valence-corrected chi connectivity index (χ1v) is 11.4. The van der Waals surface area contributed by atoms with E-state index in [0.29, 0.717) is 41.4 Å². The van der Waals surface area contributed by atoms with Gasteiger partial charge in [0.05, 0.1) is 5.56 Å². The molecule has 0 unspecified atom stereocenters. The van der Waals surface area contributed by atoms with Crippen LogP contribution in [-0.4, -0.2) is 31.0 Å². The smallest absolute Gasteiger partial charge is 0.416 e. The van der Waals surface area contributed by atoms with Crippen molar-refractivity contribution in [2.45, 2.75) is 31.5 Å². The highest BCUT2D eigenvalue weighted by atomic mass is 19.4. The van der Waals surface area contributed by atoms with E-state index in [1.807, 2.05) is 12.1 Å². The highest BCUT2D eigenvalue weighted by Gasteiger charge is 2.30. The number of ether oxygens (including phenoxy) is 1. The Morgan fingerprint density at radius 1 is 0.914 bits per heavy atom. The molecule has 35 heavy (non-hydrogen) atoms. The molecule has 2 amide bonds. The molecule has 2 N–H and O–H groups in total. The summed E-state index contributed by atoms with van der Waals surface area (Å²) in [5.41, 5.74) is 1.73. The maximum absolute atomic E-state index is 12.9. The van der Waals surface area contributed by atoms with Crippen molar-refractivity contribution in [3.05, 3.63) is 89.5 Å². The zero-order valence-corrected chi connectivity index (χ0v) is 18.9. The van der Waals surface area contributed by atoms with Crippen molar-refractivity contribution < 1.29 is 27.5 Å². The fourth-order valence-corrected chi connectivity index (χ4v) is 3.59. The fraction of sp³-hybridized carbons (Fsp3) is 0.259. The Morgan fingerprint density at radius 2 is 1.60 bits per heavy atom. The molecule has 0 saturated heterocycles. The van der Waals surface area contributed by atoms with Crippen LogP contribution in [0.15, 0.2) is 72.8 Å². The first-order chi connectivity index (χ1) is 16.8. The van der Waals surface area contributed by atoms with E-state index < -0.39 is 11.7 Å². The number of amides is 2. The van der Waals surface area contributed by atoms with Crippen LogP contribution >= 0.6 is 0 Å². The molecule has 8 heteroatoms. The molecule has 4 rings (SSSR count). The molecule has 1 aliphatic rings. The van der Waals surface area contributed by atoms with Gasteiger partial charge in [0.15, 0.2) is 6.61 Å². The van der Waals surface area contributed by atoms with Crippen LogP contribution in [0.5, 0.6) is 5.75 Å². The average Bonchev–Trinajstić information content (AvgIpc) is 3.67. The van der Waals surface area contributed by atoms with E-state index in [4.69, 9.17) is 4.74 Å². The van der Waals surface area contributed by atoms with Gasteiger partial charge in [0, 0.05) is 18.2 Å². The summed E-state index contributed by atoms with van der Waals surface area (Å²) in [5.74, 6) is 0.159. The van der Waals surface area contributed by atoms with Gasteiger partial charge in [-0.3, -0.25) is 9.59 Å². The lowest BCUT2D eigenvalue weighted by Gasteiger charge is -2.12. The molecular weight excluding hydrogens is 457 g/mol. The molecule has 5 nitrogen and oxygen atoms in total. The zero-order chi connectivity index (χ0) is 24.8. The Balaban J connectivity index is 1.30. The van der Waals surface area contributed by atoms with Crippen molar-refractivity contribution in [2.75, 3.05) is 13.2 Å². The molecule has 0 atom stereocenters. The molecule has 1 aliphatic carbocycles. The monoisotopic (exact) mass is 482 g/mol. The lowest BCUT2D eigenvalue weighted by atomic mass is 9.98. The molecule has 1 saturated carbocycles. The van der Waals surface area contributed by atoms with Crippen molar-refractivity contribution in [1.29, 1.82) is 0 Å². The maximum atomic E-state index is 12.9. The molecule has 0 heterocycles. The van der Waals surface area contributed by atoms with E-state index >= 15 is 0 Å². The van der Waals surface area contributed by atoms with Crippen LogP contribution in [0.4, 0.5) is 13.2 Å². The number of alkyl halides is 3.